The minimum atomic E-state index is -2.06. The van der Waals surface area contributed by atoms with Crippen LogP contribution >= 0.6 is 0 Å². The molecule has 2 aliphatic heterocycles. The number of esters is 1. The van der Waals surface area contributed by atoms with E-state index in [2.05, 4.69) is 34.3 Å². The topological polar surface area (TPSA) is 65.6 Å². The number of nitrogens with one attached hydrogen (secondary N) is 1. The summed E-state index contributed by atoms with van der Waals surface area (Å²) in [7, 11) is 1.42. The van der Waals surface area contributed by atoms with Gasteiger partial charge in [0.15, 0.2) is 17.8 Å². The van der Waals surface area contributed by atoms with Crippen molar-refractivity contribution in [2.75, 3.05) is 33.3 Å². The zero-order valence-electron chi connectivity index (χ0n) is 22.9. The largest absolute Gasteiger partial charge is 0.468 e. The molecule has 2 aromatic rings. The minimum Gasteiger partial charge on any atom is -0.468 e. The Morgan fingerprint density at radius 1 is 1.07 bits per heavy atom. The van der Waals surface area contributed by atoms with E-state index < -0.39 is 23.7 Å². The Morgan fingerprint density at radius 3 is 2.48 bits per heavy atom. The molecule has 214 valence electrons. The van der Waals surface area contributed by atoms with Gasteiger partial charge in [0, 0.05) is 42.2 Å². The van der Waals surface area contributed by atoms with Crippen molar-refractivity contribution in [1.29, 1.82) is 0 Å². The van der Waals surface area contributed by atoms with Crippen LogP contribution in [0.25, 0.3) is 10.9 Å². The lowest BCUT2D eigenvalue weighted by Crippen LogP contribution is -2.52. The quantitative estimate of drug-likeness (QED) is 0.364. The summed E-state index contributed by atoms with van der Waals surface area (Å²) in [5, 5.41) is 1.25. The number of piperidine rings is 2. The minimum absolute atomic E-state index is 0.0562. The molecule has 40 heavy (non-hydrogen) atoms. The summed E-state index contributed by atoms with van der Waals surface area (Å²) in [6.45, 7) is 3.98. The van der Waals surface area contributed by atoms with Gasteiger partial charge < -0.3 is 14.6 Å². The number of rotatable bonds is 6. The molecular formula is C31H36F3N3O3. The molecule has 1 aromatic carbocycles. The van der Waals surface area contributed by atoms with Crippen LogP contribution in [0.5, 0.6) is 0 Å². The number of para-hydroxylation sites is 1. The highest BCUT2D eigenvalue weighted by Gasteiger charge is 2.39. The number of carbonyl (C=O) groups is 2. The number of H-pyrrole nitrogens is 1. The van der Waals surface area contributed by atoms with E-state index in [0.29, 0.717) is 31.8 Å². The maximum atomic E-state index is 14.0. The van der Waals surface area contributed by atoms with E-state index >= 15 is 0 Å². The molecule has 0 saturated carbocycles. The second-order valence-corrected chi connectivity index (χ2v) is 11.1. The number of ether oxygens (including phenoxy) is 1. The third kappa shape index (κ3) is 5.61. The number of carbonyl (C=O) groups excluding carboxylic acids is 2. The molecule has 0 spiro atoms. The molecule has 9 heteroatoms. The number of hydrogen-bond acceptors (Lipinski definition) is 4. The molecule has 3 unspecified atom stereocenters. The molecule has 2 saturated heterocycles. The van der Waals surface area contributed by atoms with E-state index in [1.54, 1.807) is 4.90 Å². The van der Waals surface area contributed by atoms with Crippen LogP contribution in [0.15, 0.2) is 65.9 Å². The zero-order valence-corrected chi connectivity index (χ0v) is 22.9. The van der Waals surface area contributed by atoms with Gasteiger partial charge in [-0.05, 0) is 73.9 Å². The normalized spacial score (nSPS) is 24.5. The number of benzene rings is 1. The Labute approximate surface area is 232 Å². The second kappa shape index (κ2) is 12.0. The number of aromatic amines is 1. The van der Waals surface area contributed by atoms with Gasteiger partial charge >= 0.3 is 5.97 Å². The van der Waals surface area contributed by atoms with E-state index in [1.807, 2.05) is 6.07 Å². The highest BCUT2D eigenvalue weighted by molar-refractivity contribution is 5.88. The fourth-order valence-electron chi connectivity index (χ4n) is 6.46. The third-order valence-corrected chi connectivity index (χ3v) is 8.87. The van der Waals surface area contributed by atoms with Gasteiger partial charge in [-0.1, -0.05) is 31.2 Å². The van der Waals surface area contributed by atoms with Crippen molar-refractivity contribution >= 4 is 22.8 Å². The molecule has 1 N–H and O–H groups in total. The highest BCUT2D eigenvalue weighted by Crippen LogP contribution is 2.36. The van der Waals surface area contributed by atoms with Crippen molar-refractivity contribution in [3.05, 3.63) is 71.5 Å². The molecule has 3 heterocycles. The van der Waals surface area contributed by atoms with Crippen molar-refractivity contribution < 1.29 is 27.5 Å². The SMILES string of the molecule is COC(=O)C(C1CCN(C(=O)/C=C/C2=CC(F)=C(F)C(F)C2C)CC1)N1CCC(c2c[nH]c3ccccc23)CC1. The van der Waals surface area contributed by atoms with Gasteiger partial charge in [-0.25, -0.2) is 13.2 Å². The summed E-state index contributed by atoms with van der Waals surface area (Å²) < 4.78 is 46.4. The first-order valence-corrected chi connectivity index (χ1v) is 14.0. The van der Waals surface area contributed by atoms with Crippen molar-refractivity contribution in [3.8, 4) is 0 Å². The Hall–Kier alpha value is -3.33. The maximum Gasteiger partial charge on any atom is 0.323 e. The number of nitrogens with zero attached hydrogens (tertiary/aromatic N) is 2. The fraction of sp³-hybridized carbons (Fsp3) is 0.484. The number of alkyl halides is 1. The highest BCUT2D eigenvalue weighted by atomic mass is 19.2. The molecule has 5 rings (SSSR count). The number of allylic oxidation sites excluding steroid dienone is 5. The van der Waals surface area contributed by atoms with Crippen LogP contribution in [0.2, 0.25) is 0 Å². The first-order chi connectivity index (χ1) is 19.3. The molecule has 1 aromatic heterocycles. The lowest BCUT2D eigenvalue weighted by molar-refractivity contribution is -0.151. The number of likely N-dealkylation sites (tertiary alicyclic amines) is 2. The average molecular weight is 556 g/mol. The second-order valence-electron chi connectivity index (χ2n) is 11.1. The molecule has 0 radical (unpaired) electrons. The van der Waals surface area contributed by atoms with Crippen molar-refractivity contribution in [1.82, 2.24) is 14.8 Å². The van der Waals surface area contributed by atoms with Crippen molar-refractivity contribution in [2.24, 2.45) is 11.8 Å². The monoisotopic (exact) mass is 555 g/mol. The van der Waals surface area contributed by atoms with Gasteiger partial charge in [0.1, 0.15) is 6.04 Å². The van der Waals surface area contributed by atoms with Gasteiger partial charge in [-0.3, -0.25) is 14.5 Å². The molecule has 1 amide bonds. The Bertz CT molecular complexity index is 1330. The van der Waals surface area contributed by atoms with Crippen LogP contribution in [0.1, 0.15) is 44.1 Å². The summed E-state index contributed by atoms with van der Waals surface area (Å²) in [6.07, 6.45) is 6.85. The number of hydrogen-bond donors (Lipinski definition) is 1. The van der Waals surface area contributed by atoms with Crippen LogP contribution in [0.4, 0.5) is 13.2 Å². The molecular weight excluding hydrogens is 519 g/mol. The van der Waals surface area contributed by atoms with Crippen LogP contribution in [-0.4, -0.2) is 72.2 Å². The van der Waals surface area contributed by atoms with Gasteiger partial charge in [0.2, 0.25) is 5.91 Å². The lowest BCUT2D eigenvalue weighted by atomic mass is 9.84. The predicted molar refractivity (Wildman–Crippen MR) is 147 cm³/mol. The van der Waals surface area contributed by atoms with E-state index in [0.717, 1.165) is 37.5 Å². The molecule has 0 bridgehead atoms. The lowest BCUT2D eigenvalue weighted by Gasteiger charge is -2.42. The summed E-state index contributed by atoms with van der Waals surface area (Å²) >= 11 is 0. The van der Waals surface area contributed by atoms with Crippen molar-refractivity contribution in [2.45, 2.75) is 50.7 Å². The van der Waals surface area contributed by atoms with E-state index in [4.69, 9.17) is 4.74 Å². The fourth-order valence-corrected chi connectivity index (χ4v) is 6.46. The summed E-state index contributed by atoms with van der Waals surface area (Å²) in [4.78, 5) is 33.0. The Kier molecular flexibility index (Phi) is 8.49. The Morgan fingerprint density at radius 2 is 1.77 bits per heavy atom. The van der Waals surface area contributed by atoms with Crippen LogP contribution in [-0.2, 0) is 14.3 Å². The molecule has 1 aliphatic carbocycles. The Balaban J connectivity index is 1.18. The van der Waals surface area contributed by atoms with Gasteiger partial charge in [0.05, 0.1) is 7.11 Å². The standard InChI is InChI=1S/C31H36F3N3O3/c1-19-22(17-25(32)29(34)28(19)33)7-8-27(38)36-13-11-21(12-14-36)30(31(39)40-2)37-15-9-20(10-16-37)24-18-35-26-6-4-3-5-23(24)26/h3-8,17-21,28,30,35H,9-16H2,1-2H3/b8-7+. The van der Waals surface area contributed by atoms with Gasteiger partial charge in [-0.2, -0.15) is 0 Å². The zero-order chi connectivity index (χ0) is 28.4. The maximum absolute atomic E-state index is 14.0. The van der Waals surface area contributed by atoms with Crippen LogP contribution in [0, 0.1) is 11.8 Å². The first kappa shape index (κ1) is 28.2. The molecule has 3 atom stereocenters. The van der Waals surface area contributed by atoms with E-state index in [1.165, 1.54) is 37.1 Å². The first-order valence-electron chi connectivity index (χ1n) is 14.0. The summed E-state index contributed by atoms with van der Waals surface area (Å²) in [5.74, 6) is -3.55. The summed E-state index contributed by atoms with van der Waals surface area (Å²) in [5.41, 5.74) is 2.70. The molecule has 6 nitrogen and oxygen atoms in total. The molecule has 3 aliphatic rings. The predicted octanol–water partition coefficient (Wildman–Crippen LogP) is 5.75. The van der Waals surface area contributed by atoms with Crippen LogP contribution in [0.3, 0.4) is 0 Å². The number of amides is 1. The van der Waals surface area contributed by atoms with Gasteiger partial charge in [-0.15, -0.1) is 0 Å². The average Bonchev–Trinajstić information content (AvgIpc) is 3.42. The summed E-state index contributed by atoms with van der Waals surface area (Å²) in [6, 6.07) is 7.95. The van der Waals surface area contributed by atoms with Crippen LogP contribution < -0.4 is 0 Å². The third-order valence-electron chi connectivity index (χ3n) is 8.87. The number of halogens is 3. The smallest absolute Gasteiger partial charge is 0.323 e. The number of methoxy groups -OCH3 is 1. The van der Waals surface area contributed by atoms with Gasteiger partial charge in [0.25, 0.3) is 0 Å². The molecule has 2 fully saturated rings. The number of aromatic nitrogens is 1. The van der Waals surface area contributed by atoms with E-state index in [9.17, 15) is 22.8 Å². The van der Waals surface area contributed by atoms with E-state index in [-0.39, 0.29) is 29.4 Å². The van der Waals surface area contributed by atoms with Crippen molar-refractivity contribution in [3.63, 3.8) is 0 Å². The number of fused-ring (bicyclic) bond motifs is 1.